The van der Waals surface area contributed by atoms with Crippen molar-refractivity contribution in [3.8, 4) is 5.75 Å². The van der Waals surface area contributed by atoms with Gasteiger partial charge in [-0.15, -0.1) is 0 Å². The van der Waals surface area contributed by atoms with E-state index in [1.165, 1.54) is 18.4 Å². The van der Waals surface area contributed by atoms with Crippen LogP contribution in [-0.2, 0) is 6.54 Å². The molecule has 0 unspecified atom stereocenters. The van der Waals surface area contributed by atoms with Gasteiger partial charge < -0.3 is 10.5 Å². The minimum Gasteiger partial charge on any atom is -0.496 e. The number of nitrogens with one attached hydrogen (secondary N) is 1. The van der Waals surface area contributed by atoms with Crippen LogP contribution >= 0.6 is 0 Å². The van der Waals surface area contributed by atoms with Gasteiger partial charge in [-0.05, 0) is 49.5 Å². The molecule has 1 aliphatic heterocycles. The van der Waals surface area contributed by atoms with Crippen molar-refractivity contribution in [2.75, 3.05) is 20.2 Å². The normalized spacial score (nSPS) is 17.4. The molecule has 1 aromatic carbocycles. The third-order valence-electron chi connectivity index (χ3n) is 3.84. The molecule has 1 aliphatic rings. The molecule has 1 saturated heterocycles. The van der Waals surface area contributed by atoms with E-state index in [9.17, 15) is 0 Å². The van der Waals surface area contributed by atoms with Crippen LogP contribution in [0.1, 0.15) is 30.9 Å². The molecule has 0 amide bonds. The zero-order chi connectivity index (χ0) is 13.8. The maximum absolute atomic E-state index is 7.51. The summed E-state index contributed by atoms with van der Waals surface area (Å²) in [5.41, 5.74) is 7.42. The number of methoxy groups -OCH3 is 1. The van der Waals surface area contributed by atoms with Crippen LogP contribution in [0.25, 0.3) is 0 Å². The molecule has 0 radical (unpaired) electrons. The molecule has 0 aromatic heterocycles. The molecule has 2 rings (SSSR count). The topological polar surface area (TPSA) is 62.3 Å². The van der Waals surface area contributed by atoms with Crippen LogP contribution in [0.3, 0.4) is 0 Å². The van der Waals surface area contributed by atoms with Gasteiger partial charge in [0.15, 0.2) is 0 Å². The number of ether oxygens (including phenoxy) is 1. The van der Waals surface area contributed by atoms with Gasteiger partial charge in [-0.25, -0.2) is 0 Å². The van der Waals surface area contributed by atoms with Gasteiger partial charge in [0.25, 0.3) is 0 Å². The zero-order valence-electron chi connectivity index (χ0n) is 11.8. The molecule has 0 saturated carbocycles. The van der Waals surface area contributed by atoms with Crippen LogP contribution in [0, 0.1) is 11.3 Å². The van der Waals surface area contributed by atoms with Crippen molar-refractivity contribution in [3.05, 3.63) is 29.3 Å². The van der Waals surface area contributed by atoms with Gasteiger partial charge >= 0.3 is 0 Å². The summed E-state index contributed by atoms with van der Waals surface area (Å²) < 4.78 is 5.31. The number of piperidine rings is 1. The molecular weight excluding hydrogens is 238 g/mol. The van der Waals surface area contributed by atoms with Crippen LogP contribution < -0.4 is 10.5 Å². The van der Waals surface area contributed by atoms with Gasteiger partial charge in [0.1, 0.15) is 11.6 Å². The second kappa shape index (κ2) is 6.06. The Balaban J connectivity index is 2.07. The smallest absolute Gasteiger partial charge is 0.130 e. The summed E-state index contributed by atoms with van der Waals surface area (Å²) in [5.74, 6) is 1.59. The standard InChI is InChI=1S/C15H23N3O/c1-11-5-7-18(8-6-11)10-12-3-4-13(15(16)17)14(9-12)19-2/h3-4,9,11H,5-8,10H2,1-2H3,(H3,16,17). The lowest BCUT2D eigenvalue weighted by Gasteiger charge is -2.30. The third-order valence-corrected chi connectivity index (χ3v) is 3.84. The fraction of sp³-hybridized carbons (Fsp3) is 0.533. The largest absolute Gasteiger partial charge is 0.496 e. The highest BCUT2D eigenvalue weighted by molar-refractivity contribution is 5.97. The quantitative estimate of drug-likeness (QED) is 0.645. The van der Waals surface area contributed by atoms with E-state index in [0.29, 0.717) is 11.3 Å². The average Bonchev–Trinajstić information content (AvgIpc) is 2.41. The monoisotopic (exact) mass is 261 g/mol. The van der Waals surface area contributed by atoms with Gasteiger partial charge in [0.05, 0.1) is 12.7 Å². The number of likely N-dealkylation sites (tertiary alicyclic amines) is 1. The Labute approximate surface area is 115 Å². The molecular formula is C15H23N3O. The van der Waals surface area contributed by atoms with Gasteiger partial charge in [-0.2, -0.15) is 0 Å². The summed E-state index contributed by atoms with van der Waals surface area (Å²) in [6.45, 7) is 5.60. The van der Waals surface area contributed by atoms with Crippen molar-refractivity contribution >= 4 is 5.84 Å². The molecule has 4 heteroatoms. The minimum atomic E-state index is 0.0511. The SMILES string of the molecule is COc1cc(CN2CCC(C)CC2)ccc1C(=N)N. The van der Waals surface area contributed by atoms with Gasteiger partial charge in [-0.3, -0.25) is 10.3 Å². The van der Waals surface area contributed by atoms with Gasteiger partial charge in [0.2, 0.25) is 0 Å². The number of nitrogens with two attached hydrogens (primary N) is 1. The van der Waals surface area contributed by atoms with E-state index in [4.69, 9.17) is 15.9 Å². The lowest BCUT2D eigenvalue weighted by molar-refractivity contribution is 0.185. The highest BCUT2D eigenvalue weighted by atomic mass is 16.5. The Morgan fingerprint density at radius 3 is 2.68 bits per heavy atom. The number of rotatable bonds is 4. The zero-order valence-corrected chi connectivity index (χ0v) is 11.8. The maximum Gasteiger partial charge on any atom is 0.130 e. The highest BCUT2D eigenvalue weighted by Crippen LogP contribution is 2.23. The predicted octanol–water partition coefficient (Wildman–Crippen LogP) is 2.21. The first-order valence-corrected chi connectivity index (χ1v) is 6.84. The molecule has 1 heterocycles. The first-order chi connectivity index (χ1) is 9.10. The lowest BCUT2D eigenvalue weighted by atomic mass is 9.98. The predicted molar refractivity (Wildman–Crippen MR) is 77.7 cm³/mol. The van der Waals surface area contributed by atoms with Crippen molar-refractivity contribution in [2.45, 2.75) is 26.3 Å². The van der Waals surface area contributed by atoms with Crippen molar-refractivity contribution in [1.29, 1.82) is 5.41 Å². The van der Waals surface area contributed by atoms with Gasteiger partial charge in [0, 0.05) is 6.54 Å². The fourth-order valence-electron chi connectivity index (χ4n) is 2.53. The highest BCUT2D eigenvalue weighted by Gasteiger charge is 2.16. The second-order valence-electron chi connectivity index (χ2n) is 5.41. The Hall–Kier alpha value is -1.55. The Bertz CT molecular complexity index is 451. The molecule has 1 aromatic rings. The molecule has 1 fully saturated rings. The fourth-order valence-corrected chi connectivity index (χ4v) is 2.53. The first kappa shape index (κ1) is 13.9. The van der Waals surface area contributed by atoms with E-state index in [0.717, 1.165) is 25.6 Å². The Kier molecular flexibility index (Phi) is 4.43. The Morgan fingerprint density at radius 1 is 1.42 bits per heavy atom. The maximum atomic E-state index is 7.51. The molecule has 0 spiro atoms. The van der Waals surface area contributed by atoms with Crippen molar-refractivity contribution < 1.29 is 4.74 Å². The van der Waals surface area contributed by atoms with Crippen LogP contribution in [0.2, 0.25) is 0 Å². The Morgan fingerprint density at radius 2 is 2.11 bits per heavy atom. The van der Waals surface area contributed by atoms with E-state index in [-0.39, 0.29) is 5.84 Å². The molecule has 0 bridgehead atoms. The molecule has 0 atom stereocenters. The first-order valence-electron chi connectivity index (χ1n) is 6.84. The summed E-state index contributed by atoms with van der Waals surface area (Å²) in [6, 6.07) is 5.91. The molecule has 4 nitrogen and oxygen atoms in total. The van der Waals surface area contributed by atoms with E-state index >= 15 is 0 Å². The minimum absolute atomic E-state index is 0.0511. The van der Waals surface area contributed by atoms with E-state index in [1.54, 1.807) is 7.11 Å². The van der Waals surface area contributed by atoms with Crippen LogP contribution in [0.5, 0.6) is 5.75 Å². The molecule has 3 N–H and O–H groups in total. The van der Waals surface area contributed by atoms with Crippen molar-refractivity contribution in [1.82, 2.24) is 4.90 Å². The lowest BCUT2D eigenvalue weighted by Crippen LogP contribution is -2.32. The summed E-state index contributed by atoms with van der Waals surface area (Å²) in [4.78, 5) is 2.47. The van der Waals surface area contributed by atoms with E-state index in [2.05, 4.69) is 11.8 Å². The van der Waals surface area contributed by atoms with Crippen LogP contribution in [-0.4, -0.2) is 30.9 Å². The average molecular weight is 261 g/mol. The summed E-state index contributed by atoms with van der Waals surface area (Å²) in [6.07, 6.45) is 2.56. The summed E-state index contributed by atoms with van der Waals surface area (Å²) >= 11 is 0. The number of benzene rings is 1. The molecule has 104 valence electrons. The number of amidine groups is 1. The van der Waals surface area contributed by atoms with Gasteiger partial charge in [-0.1, -0.05) is 13.0 Å². The summed E-state index contributed by atoms with van der Waals surface area (Å²) in [5, 5.41) is 7.51. The van der Waals surface area contributed by atoms with Crippen LogP contribution in [0.4, 0.5) is 0 Å². The van der Waals surface area contributed by atoms with Crippen molar-refractivity contribution in [2.24, 2.45) is 11.7 Å². The number of hydrogen-bond donors (Lipinski definition) is 2. The molecule has 19 heavy (non-hydrogen) atoms. The number of nitrogens with zero attached hydrogens (tertiary/aromatic N) is 1. The van der Waals surface area contributed by atoms with Crippen molar-refractivity contribution in [3.63, 3.8) is 0 Å². The van der Waals surface area contributed by atoms with E-state index in [1.807, 2.05) is 18.2 Å². The number of hydrogen-bond acceptors (Lipinski definition) is 3. The van der Waals surface area contributed by atoms with E-state index < -0.39 is 0 Å². The summed E-state index contributed by atoms with van der Waals surface area (Å²) in [7, 11) is 1.62. The van der Waals surface area contributed by atoms with Crippen LogP contribution in [0.15, 0.2) is 18.2 Å². The third kappa shape index (κ3) is 3.47. The second-order valence-corrected chi connectivity index (χ2v) is 5.41. The molecule has 0 aliphatic carbocycles. The number of nitrogen functional groups attached to an aromatic ring is 1.